The van der Waals surface area contributed by atoms with Crippen molar-refractivity contribution in [2.45, 2.75) is 57.0 Å². The van der Waals surface area contributed by atoms with Gasteiger partial charge in [0.1, 0.15) is 12.1 Å². The van der Waals surface area contributed by atoms with E-state index in [1.54, 1.807) is 4.90 Å². The fourth-order valence-corrected chi connectivity index (χ4v) is 4.42. The molecule has 1 saturated carbocycles. The van der Waals surface area contributed by atoms with Crippen molar-refractivity contribution in [1.29, 1.82) is 0 Å². The molecule has 1 N–H and O–H groups in total. The zero-order valence-corrected chi connectivity index (χ0v) is 14.5. The van der Waals surface area contributed by atoms with Crippen molar-refractivity contribution in [2.24, 2.45) is 0 Å². The van der Waals surface area contributed by atoms with Gasteiger partial charge in [0.25, 0.3) is 5.91 Å². The van der Waals surface area contributed by atoms with Crippen LogP contribution in [0.4, 0.5) is 10.5 Å². The van der Waals surface area contributed by atoms with E-state index in [9.17, 15) is 14.4 Å². The molecule has 0 bridgehead atoms. The molecule has 1 aliphatic carbocycles. The van der Waals surface area contributed by atoms with Gasteiger partial charge in [0.2, 0.25) is 5.91 Å². The van der Waals surface area contributed by atoms with Crippen molar-refractivity contribution in [1.82, 2.24) is 10.2 Å². The number of rotatable bonds is 2. The van der Waals surface area contributed by atoms with Crippen LogP contribution in [0, 0.1) is 0 Å². The standard InChI is InChI=1S/C19H23N3O3/c1-13-8-9-14-6-2-3-7-15(14)22(13)16(23)12-21-17(24)19(20-18(21)25)10-4-5-11-19/h2-3,6-7,13H,4-5,8-12H2,1H3,(H,20,25)/t13-/m1/s1. The Morgan fingerprint density at radius 1 is 1.24 bits per heavy atom. The van der Waals surface area contributed by atoms with E-state index in [1.807, 2.05) is 31.2 Å². The summed E-state index contributed by atoms with van der Waals surface area (Å²) in [6, 6.07) is 7.48. The topological polar surface area (TPSA) is 69.7 Å². The van der Waals surface area contributed by atoms with Gasteiger partial charge < -0.3 is 10.2 Å². The molecule has 0 aromatic heterocycles. The predicted octanol–water partition coefficient (Wildman–Crippen LogP) is 2.22. The molecule has 1 aromatic rings. The first-order chi connectivity index (χ1) is 12.0. The summed E-state index contributed by atoms with van der Waals surface area (Å²) in [5.41, 5.74) is 1.27. The lowest BCUT2D eigenvalue weighted by molar-refractivity contribution is -0.134. The van der Waals surface area contributed by atoms with Gasteiger partial charge >= 0.3 is 6.03 Å². The predicted molar refractivity (Wildman–Crippen MR) is 93.2 cm³/mol. The second kappa shape index (κ2) is 5.86. The summed E-state index contributed by atoms with van der Waals surface area (Å²) < 4.78 is 0. The van der Waals surface area contributed by atoms with E-state index >= 15 is 0 Å². The fraction of sp³-hybridized carbons (Fsp3) is 0.526. The molecular formula is C19H23N3O3. The first-order valence-corrected chi connectivity index (χ1v) is 9.06. The zero-order chi connectivity index (χ0) is 17.6. The lowest BCUT2D eigenvalue weighted by atomic mass is 9.96. The summed E-state index contributed by atoms with van der Waals surface area (Å²) in [7, 11) is 0. The highest BCUT2D eigenvalue weighted by molar-refractivity contribution is 6.10. The van der Waals surface area contributed by atoms with Crippen molar-refractivity contribution in [3.8, 4) is 0 Å². The van der Waals surface area contributed by atoms with Gasteiger partial charge in [-0.25, -0.2) is 4.79 Å². The Labute approximate surface area is 147 Å². The average molecular weight is 341 g/mol. The smallest absolute Gasteiger partial charge is 0.323 e. The second-order valence-electron chi connectivity index (χ2n) is 7.39. The first-order valence-electron chi connectivity index (χ1n) is 9.06. The van der Waals surface area contributed by atoms with E-state index in [0.29, 0.717) is 12.8 Å². The summed E-state index contributed by atoms with van der Waals surface area (Å²) in [6.07, 6.45) is 5.03. The van der Waals surface area contributed by atoms with E-state index in [2.05, 4.69) is 5.32 Å². The van der Waals surface area contributed by atoms with Crippen LogP contribution in [0.3, 0.4) is 0 Å². The van der Waals surface area contributed by atoms with Crippen LogP contribution >= 0.6 is 0 Å². The van der Waals surface area contributed by atoms with Crippen LogP contribution in [0.1, 0.15) is 44.6 Å². The van der Waals surface area contributed by atoms with E-state index in [1.165, 1.54) is 0 Å². The minimum absolute atomic E-state index is 0.0589. The first kappa shape index (κ1) is 16.1. The SMILES string of the molecule is C[C@@H]1CCc2ccccc2N1C(=O)CN1C(=O)NC2(CCCC2)C1=O. The molecule has 1 saturated heterocycles. The summed E-state index contributed by atoms with van der Waals surface area (Å²) >= 11 is 0. The van der Waals surface area contributed by atoms with Crippen LogP contribution < -0.4 is 10.2 Å². The van der Waals surface area contributed by atoms with E-state index in [-0.39, 0.29) is 24.4 Å². The fourth-order valence-electron chi connectivity index (χ4n) is 4.42. The minimum Gasteiger partial charge on any atom is -0.323 e. The molecule has 0 unspecified atom stereocenters. The molecule has 3 aliphatic rings. The van der Waals surface area contributed by atoms with Gasteiger partial charge in [-0.1, -0.05) is 31.0 Å². The third-order valence-electron chi connectivity index (χ3n) is 5.79. The average Bonchev–Trinajstić information content (AvgIpc) is 3.16. The van der Waals surface area contributed by atoms with Crippen molar-refractivity contribution in [3.63, 3.8) is 0 Å². The number of hydrogen-bond donors (Lipinski definition) is 1. The number of nitrogens with one attached hydrogen (secondary N) is 1. The monoisotopic (exact) mass is 341 g/mol. The van der Waals surface area contributed by atoms with Crippen molar-refractivity contribution in [3.05, 3.63) is 29.8 Å². The maximum absolute atomic E-state index is 13.0. The molecule has 2 aliphatic heterocycles. The summed E-state index contributed by atoms with van der Waals surface area (Å²) in [5, 5.41) is 2.83. The third kappa shape index (κ3) is 2.51. The number of anilines is 1. The summed E-state index contributed by atoms with van der Waals surface area (Å²) in [6.45, 7) is 1.82. The lowest BCUT2D eigenvalue weighted by Crippen LogP contribution is -2.49. The summed E-state index contributed by atoms with van der Waals surface area (Å²) in [4.78, 5) is 40.9. The highest BCUT2D eigenvalue weighted by Gasteiger charge is 2.53. The van der Waals surface area contributed by atoms with E-state index in [0.717, 1.165) is 41.8 Å². The summed E-state index contributed by atoms with van der Waals surface area (Å²) in [5.74, 6) is -0.431. The molecule has 4 amide bonds. The van der Waals surface area contributed by atoms with Crippen LogP contribution in [0.5, 0.6) is 0 Å². The van der Waals surface area contributed by atoms with Gasteiger partial charge in [-0.2, -0.15) is 0 Å². The minimum atomic E-state index is -0.761. The second-order valence-corrected chi connectivity index (χ2v) is 7.39. The molecule has 4 rings (SSSR count). The van der Waals surface area contributed by atoms with Gasteiger partial charge in [0.15, 0.2) is 0 Å². The number of fused-ring (bicyclic) bond motifs is 1. The molecule has 0 radical (unpaired) electrons. The zero-order valence-electron chi connectivity index (χ0n) is 14.5. The maximum Gasteiger partial charge on any atom is 0.325 e. The normalized spacial score (nSPS) is 24.6. The Balaban J connectivity index is 1.56. The molecule has 6 nitrogen and oxygen atoms in total. The Morgan fingerprint density at radius 2 is 1.96 bits per heavy atom. The quantitative estimate of drug-likeness (QED) is 0.839. The van der Waals surface area contributed by atoms with Crippen molar-refractivity contribution < 1.29 is 14.4 Å². The highest BCUT2D eigenvalue weighted by atomic mass is 16.2. The number of amides is 4. The number of carbonyl (C=O) groups excluding carboxylic acids is 3. The number of imide groups is 1. The van der Waals surface area contributed by atoms with E-state index in [4.69, 9.17) is 0 Å². The van der Waals surface area contributed by atoms with Crippen LogP contribution in [-0.4, -0.2) is 40.9 Å². The molecule has 25 heavy (non-hydrogen) atoms. The number of carbonyl (C=O) groups is 3. The number of aryl methyl sites for hydroxylation is 1. The van der Waals surface area contributed by atoms with Gasteiger partial charge in [0, 0.05) is 11.7 Å². The van der Waals surface area contributed by atoms with Crippen LogP contribution in [0.2, 0.25) is 0 Å². The van der Waals surface area contributed by atoms with Gasteiger partial charge in [-0.15, -0.1) is 0 Å². The van der Waals surface area contributed by atoms with Crippen LogP contribution in [0.15, 0.2) is 24.3 Å². The van der Waals surface area contributed by atoms with Gasteiger partial charge in [-0.05, 0) is 44.2 Å². The Morgan fingerprint density at radius 3 is 2.72 bits per heavy atom. The van der Waals surface area contributed by atoms with Gasteiger partial charge in [0.05, 0.1) is 0 Å². The number of benzene rings is 1. The third-order valence-corrected chi connectivity index (χ3v) is 5.79. The highest BCUT2D eigenvalue weighted by Crippen LogP contribution is 2.35. The number of para-hydroxylation sites is 1. The number of nitrogens with zero attached hydrogens (tertiary/aromatic N) is 2. The molecule has 2 heterocycles. The molecule has 132 valence electrons. The lowest BCUT2D eigenvalue weighted by Gasteiger charge is -2.36. The number of hydrogen-bond acceptors (Lipinski definition) is 3. The Bertz CT molecular complexity index is 739. The molecule has 2 fully saturated rings. The number of urea groups is 1. The van der Waals surface area contributed by atoms with Crippen molar-refractivity contribution in [2.75, 3.05) is 11.4 Å². The Hall–Kier alpha value is -2.37. The van der Waals surface area contributed by atoms with Crippen LogP contribution in [-0.2, 0) is 16.0 Å². The largest absolute Gasteiger partial charge is 0.325 e. The molecule has 1 aromatic carbocycles. The molecule has 1 spiro atoms. The van der Waals surface area contributed by atoms with E-state index < -0.39 is 11.6 Å². The van der Waals surface area contributed by atoms with Gasteiger partial charge in [-0.3, -0.25) is 14.5 Å². The Kier molecular flexibility index (Phi) is 3.78. The molecule has 1 atom stereocenters. The molecule has 6 heteroatoms. The van der Waals surface area contributed by atoms with Crippen molar-refractivity contribution >= 4 is 23.5 Å². The maximum atomic E-state index is 13.0. The molecular weight excluding hydrogens is 318 g/mol. The van der Waals surface area contributed by atoms with Crippen LogP contribution in [0.25, 0.3) is 0 Å².